The molecule has 7 heteroatoms. The van der Waals surface area contributed by atoms with E-state index in [0.29, 0.717) is 31.2 Å². The summed E-state index contributed by atoms with van der Waals surface area (Å²) in [5.41, 5.74) is 1.27. The van der Waals surface area contributed by atoms with Crippen LogP contribution in [-0.2, 0) is 17.8 Å². The molecule has 2 aromatic rings. The summed E-state index contributed by atoms with van der Waals surface area (Å²) in [5, 5.41) is 5.29. The van der Waals surface area contributed by atoms with Crippen molar-refractivity contribution in [2.45, 2.75) is 13.1 Å². The number of aromatic nitrogens is 1. The van der Waals surface area contributed by atoms with Crippen molar-refractivity contribution in [3.63, 3.8) is 0 Å². The second-order valence-electron chi connectivity index (χ2n) is 4.97. The van der Waals surface area contributed by atoms with Gasteiger partial charge < -0.3 is 20.1 Å². The van der Waals surface area contributed by atoms with Gasteiger partial charge in [0, 0.05) is 38.0 Å². The van der Waals surface area contributed by atoms with Crippen LogP contribution in [0.2, 0.25) is 0 Å². The molecule has 0 aliphatic heterocycles. The minimum absolute atomic E-state index is 0.128. The maximum Gasteiger partial charge on any atom is 0.315 e. The molecule has 6 nitrogen and oxygen atoms in total. The number of ether oxygens (including phenoxy) is 2. The van der Waals surface area contributed by atoms with Crippen LogP contribution < -0.4 is 15.4 Å². The summed E-state index contributed by atoms with van der Waals surface area (Å²) in [5.74, 6) is 0.158. The Morgan fingerprint density at radius 1 is 1.12 bits per heavy atom. The monoisotopic (exact) mass is 333 g/mol. The molecule has 0 radical (unpaired) electrons. The number of carbonyl (C=O) groups is 1. The van der Waals surface area contributed by atoms with Gasteiger partial charge in [0.2, 0.25) is 5.88 Å². The lowest BCUT2D eigenvalue weighted by molar-refractivity contribution is 0.143. The number of halogens is 1. The number of nitrogens with one attached hydrogen (secondary N) is 2. The predicted octanol–water partition coefficient (Wildman–Crippen LogP) is 2.25. The fourth-order valence-corrected chi connectivity index (χ4v) is 1.89. The molecule has 0 saturated heterocycles. The molecule has 2 amide bonds. The first-order chi connectivity index (χ1) is 11.7. The van der Waals surface area contributed by atoms with E-state index in [-0.39, 0.29) is 18.4 Å². The number of urea groups is 1. The molecule has 2 rings (SSSR count). The number of hydrogen-bond donors (Lipinski definition) is 2. The van der Waals surface area contributed by atoms with E-state index in [4.69, 9.17) is 9.47 Å². The highest BCUT2D eigenvalue weighted by Crippen LogP contribution is 2.08. The third-order valence-corrected chi connectivity index (χ3v) is 3.19. The van der Waals surface area contributed by atoms with E-state index in [1.807, 2.05) is 6.07 Å². The van der Waals surface area contributed by atoms with E-state index in [1.165, 1.54) is 6.07 Å². The molecule has 0 saturated carbocycles. The quantitative estimate of drug-likeness (QED) is 0.727. The Kier molecular flexibility index (Phi) is 6.97. The number of nitrogens with zero attached hydrogens (tertiary/aromatic N) is 1. The first-order valence-corrected chi connectivity index (χ1v) is 7.51. The Bertz CT molecular complexity index is 650. The second-order valence-corrected chi connectivity index (χ2v) is 4.97. The van der Waals surface area contributed by atoms with E-state index in [9.17, 15) is 9.18 Å². The van der Waals surface area contributed by atoms with E-state index < -0.39 is 0 Å². The van der Waals surface area contributed by atoms with Gasteiger partial charge in [0.1, 0.15) is 12.4 Å². The number of benzene rings is 1. The van der Waals surface area contributed by atoms with Crippen LogP contribution in [0.5, 0.6) is 5.88 Å². The summed E-state index contributed by atoms with van der Waals surface area (Å²) >= 11 is 0. The van der Waals surface area contributed by atoms with Crippen molar-refractivity contribution in [2.24, 2.45) is 0 Å². The number of pyridine rings is 1. The van der Waals surface area contributed by atoms with Crippen molar-refractivity contribution in [3.05, 3.63) is 59.5 Å². The summed E-state index contributed by atoms with van der Waals surface area (Å²) in [4.78, 5) is 15.9. The Morgan fingerprint density at radius 2 is 1.92 bits per heavy atom. The molecule has 0 aliphatic rings. The highest BCUT2D eigenvalue weighted by atomic mass is 19.1. The fraction of sp³-hybridized carbons (Fsp3) is 0.294. The van der Waals surface area contributed by atoms with Crippen LogP contribution in [0.3, 0.4) is 0 Å². The summed E-state index contributed by atoms with van der Waals surface area (Å²) in [7, 11) is 1.60. The lowest BCUT2D eigenvalue weighted by Crippen LogP contribution is -2.34. The number of methoxy groups -OCH3 is 1. The number of rotatable bonds is 8. The van der Waals surface area contributed by atoms with Crippen LogP contribution in [0.1, 0.15) is 11.1 Å². The molecule has 0 atom stereocenters. The van der Waals surface area contributed by atoms with Crippen LogP contribution in [0.15, 0.2) is 42.6 Å². The van der Waals surface area contributed by atoms with E-state index in [2.05, 4.69) is 15.6 Å². The van der Waals surface area contributed by atoms with Gasteiger partial charge in [-0.05, 0) is 11.6 Å². The first-order valence-electron chi connectivity index (χ1n) is 7.51. The SMILES string of the molecule is COCCOc1ccc(CNC(=O)NCc2ccccc2F)cn1. The molecule has 2 N–H and O–H groups in total. The zero-order chi connectivity index (χ0) is 17.2. The average molecular weight is 333 g/mol. The Balaban J connectivity index is 1.72. The van der Waals surface area contributed by atoms with Gasteiger partial charge in [-0.3, -0.25) is 0 Å². The van der Waals surface area contributed by atoms with Crippen LogP contribution in [0.25, 0.3) is 0 Å². The van der Waals surface area contributed by atoms with Crippen molar-refractivity contribution in [1.29, 1.82) is 0 Å². The van der Waals surface area contributed by atoms with Crippen LogP contribution >= 0.6 is 0 Å². The largest absolute Gasteiger partial charge is 0.475 e. The average Bonchev–Trinajstić information content (AvgIpc) is 2.60. The standard InChI is InChI=1S/C17H20FN3O3/c1-23-8-9-24-16-7-6-13(10-19-16)11-20-17(22)21-12-14-4-2-3-5-15(14)18/h2-7,10H,8-9,11-12H2,1H3,(H2,20,21,22). The lowest BCUT2D eigenvalue weighted by atomic mass is 10.2. The number of hydrogen-bond acceptors (Lipinski definition) is 4. The van der Waals surface area contributed by atoms with Gasteiger partial charge in [-0.15, -0.1) is 0 Å². The van der Waals surface area contributed by atoms with Crippen molar-refractivity contribution in [2.75, 3.05) is 20.3 Å². The van der Waals surface area contributed by atoms with Crippen molar-refractivity contribution in [3.8, 4) is 5.88 Å². The molecule has 1 aromatic heterocycles. The van der Waals surface area contributed by atoms with Gasteiger partial charge in [0.05, 0.1) is 6.61 Å². The van der Waals surface area contributed by atoms with E-state index in [0.717, 1.165) is 5.56 Å². The summed E-state index contributed by atoms with van der Waals surface area (Å²) in [6, 6.07) is 9.47. The van der Waals surface area contributed by atoms with Crippen LogP contribution in [-0.4, -0.2) is 31.3 Å². The minimum atomic E-state index is -0.376. The minimum Gasteiger partial charge on any atom is -0.475 e. The zero-order valence-electron chi connectivity index (χ0n) is 13.4. The molecular formula is C17H20FN3O3. The molecule has 0 bridgehead atoms. The van der Waals surface area contributed by atoms with Gasteiger partial charge in [-0.2, -0.15) is 0 Å². The number of amides is 2. The maximum atomic E-state index is 13.4. The van der Waals surface area contributed by atoms with E-state index in [1.54, 1.807) is 37.6 Å². The Hall–Kier alpha value is -2.67. The molecule has 0 fully saturated rings. The molecule has 0 aliphatic carbocycles. The lowest BCUT2D eigenvalue weighted by Gasteiger charge is -2.09. The third-order valence-electron chi connectivity index (χ3n) is 3.19. The van der Waals surface area contributed by atoms with Gasteiger partial charge in [0.25, 0.3) is 0 Å². The molecule has 128 valence electrons. The molecule has 1 heterocycles. The summed E-state index contributed by atoms with van der Waals surface area (Å²) in [6.45, 7) is 1.37. The van der Waals surface area contributed by atoms with Crippen molar-refractivity contribution >= 4 is 6.03 Å². The van der Waals surface area contributed by atoms with Gasteiger partial charge in [-0.25, -0.2) is 14.2 Å². The smallest absolute Gasteiger partial charge is 0.315 e. The third kappa shape index (κ3) is 5.85. The van der Waals surface area contributed by atoms with Crippen LogP contribution in [0, 0.1) is 5.82 Å². The molecule has 1 aromatic carbocycles. The summed E-state index contributed by atoms with van der Waals surface area (Å²) in [6.07, 6.45) is 1.62. The molecule has 0 unspecified atom stereocenters. The molecule has 0 spiro atoms. The highest BCUT2D eigenvalue weighted by molar-refractivity contribution is 5.73. The molecule has 24 heavy (non-hydrogen) atoms. The first kappa shape index (κ1) is 17.7. The van der Waals surface area contributed by atoms with Gasteiger partial charge in [0.15, 0.2) is 0 Å². The number of carbonyl (C=O) groups excluding carboxylic acids is 1. The van der Waals surface area contributed by atoms with Crippen molar-refractivity contribution < 1.29 is 18.7 Å². The maximum absolute atomic E-state index is 13.4. The second kappa shape index (κ2) is 9.46. The zero-order valence-corrected chi connectivity index (χ0v) is 13.4. The topological polar surface area (TPSA) is 72.5 Å². The van der Waals surface area contributed by atoms with Crippen LogP contribution in [0.4, 0.5) is 9.18 Å². The predicted molar refractivity (Wildman–Crippen MR) is 87.1 cm³/mol. The molecular weight excluding hydrogens is 313 g/mol. The fourth-order valence-electron chi connectivity index (χ4n) is 1.89. The van der Waals surface area contributed by atoms with Crippen molar-refractivity contribution in [1.82, 2.24) is 15.6 Å². The van der Waals surface area contributed by atoms with Gasteiger partial charge in [-0.1, -0.05) is 24.3 Å². The Morgan fingerprint density at radius 3 is 2.62 bits per heavy atom. The van der Waals surface area contributed by atoms with E-state index >= 15 is 0 Å². The highest BCUT2D eigenvalue weighted by Gasteiger charge is 2.04. The van der Waals surface area contributed by atoms with Gasteiger partial charge >= 0.3 is 6.03 Å². The normalized spacial score (nSPS) is 10.2. The Labute approximate surface area is 140 Å². The summed E-state index contributed by atoms with van der Waals surface area (Å²) < 4.78 is 23.7.